The molecule has 0 amide bonds. The van der Waals surface area contributed by atoms with Gasteiger partial charge in [-0.25, -0.2) is 0 Å². The van der Waals surface area contributed by atoms with Gasteiger partial charge in [-0.1, -0.05) is 96.1 Å². The van der Waals surface area contributed by atoms with Crippen LogP contribution >= 0.6 is 27.7 Å². The molecule has 0 aliphatic rings. The molecule has 0 aliphatic carbocycles. The Kier molecular flexibility index (Phi) is 6.11. The molecule has 4 rings (SSSR count). The van der Waals surface area contributed by atoms with Gasteiger partial charge in [-0.2, -0.15) is 9.78 Å². The van der Waals surface area contributed by atoms with Gasteiger partial charge in [0.15, 0.2) is 5.82 Å². The first-order valence-electron chi connectivity index (χ1n) is 9.46. The molecule has 4 nitrogen and oxygen atoms in total. The second-order valence-electron chi connectivity index (χ2n) is 7.04. The molecule has 1 heterocycles. The Bertz CT molecular complexity index is 1140. The lowest BCUT2D eigenvalue weighted by Crippen LogP contribution is -2.02. The fourth-order valence-corrected chi connectivity index (χ4v) is 4.16. The number of halogens is 1. The predicted octanol–water partition coefficient (Wildman–Crippen LogP) is 6.49. The molecule has 0 N–H and O–H groups in total. The van der Waals surface area contributed by atoms with E-state index in [0.29, 0.717) is 0 Å². The summed E-state index contributed by atoms with van der Waals surface area (Å²) in [7, 11) is 0. The summed E-state index contributed by atoms with van der Waals surface area (Å²) in [6, 6.07) is 22.9. The number of nitrogens with zero attached hydrogens (tertiary/aromatic N) is 4. The van der Waals surface area contributed by atoms with Gasteiger partial charge in [-0.3, -0.25) is 0 Å². The van der Waals surface area contributed by atoms with Crippen molar-refractivity contribution >= 4 is 44.7 Å². The quantitative estimate of drug-likeness (QED) is 0.241. The molecule has 29 heavy (non-hydrogen) atoms. The van der Waals surface area contributed by atoms with Crippen molar-refractivity contribution in [2.45, 2.75) is 30.7 Å². The molecule has 0 unspecified atom stereocenters. The third-order valence-corrected chi connectivity index (χ3v) is 6.09. The molecular formula is C23H21BrN4S. The second-order valence-corrected chi connectivity index (χ2v) is 8.89. The van der Waals surface area contributed by atoms with Crippen LogP contribution in [0.3, 0.4) is 0 Å². The Morgan fingerprint density at radius 2 is 1.76 bits per heavy atom. The van der Waals surface area contributed by atoms with Crippen LogP contribution in [0.25, 0.3) is 10.8 Å². The van der Waals surface area contributed by atoms with Crippen molar-refractivity contribution in [2.75, 3.05) is 0 Å². The van der Waals surface area contributed by atoms with Crippen LogP contribution in [0.1, 0.15) is 36.7 Å². The monoisotopic (exact) mass is 464 g/mol. The topological polar surface area (TPSA) is 43.1 Å². The lowest BCUT2D eigenvalue weighted by molar-refractivity contribution is 0.667. The number of hydrogen-bond acceptors (Lipinski definition) is 4. The van der Waals surface area contributed by atoms with Crippen molar-refractivity contribution in [3.05, 3.63) is 88.2 Å². The Morgan fingerprint density at radius 1 is 1.00 bits per heavy atom. The van der Waals surface area contributed by atoms with E-state index in [2.05, 4.69) is 107 Å². The number of thioether (sulfide) groups is 1. The van der Waals surface area contributed by atoms with E-state index in [1.54, 1.807) is 11.8 Å². The maximum atomic E-state index is 4.77. The molecule has 1 aromatic heterocycles. The summed E-state index contributed by atoms with van der Waals surface area (Å²) in [5.74, 6) is 1.90. The van der Waals surface area contributed by atoms with Gasteiger partial charge >= 0.3 is 0 Å². The first-order chi connectivity index (χ1) is 14.1. The summed E-state index contributed by atoms with van der Waals surface area (Å²) in [5.41, 5.74) is 2.31. The Labute approximate surface area is 183 Å². The third kappa shape index (κ3) is 4.60. The molecule has 3 aromatic carbocycles. The van der Waals surface area contributed by atoms with Gasteiger partial charge in [0.05, 0.1) is 6.21 Å². The molecule has 0 saturated carbocycles. The molecule has 0 aliphatic heterocycles. The molecule has 0 fully saturated rings. The lowest BCUT2D eigenvalue weighted by atomic mass is 10.1. The summed E-state index contributed by atoms with van der Waals surface area (Å²) in [6.45, 7) is 4.22. The molecule has 4 aromatic rings. The highest BCUT2D eigenvalue weighted by Crippen LogP contribution is 2.25. The number of aromatic nitrogens is 3. The standard InChI is InChI=1S/C23H21BrN4S/c1-16(2)22-26-27-23(29-15-17-10-12-20(24)13-11-17)28(22)25-14-19-8-5-7-18-6-3-4-9-21(18)19/h3-14,16H,15H2,1-2H3/b25-14-. The minimum atomic E-state index is 0.231. The number of benzene rings is 3. The zero-order valence-corrected chi connectivity index (χ0v) is 18.7. The zero-order valence-electron chi connectivity index (χ0n) is 16.3. The summed E-state index contributed by atoms with van der Waals surface area (Å²) in [4.78, 5) is 0. The van der Waals surface area contributed by atoms with Crippen LogP contribution in [0, 0.1) is 0 Å². The summed E-state index contributed by atoms with van der Waals surface area (Å²) in [6.07, 6.45) is 1.90. The van der Waals surface area contributed by atoms with E-state index in [4.69, 9.17) is 5.10 Å². The van der Waals surface area contributed by atoms with Gasteiger partial charge < -0.3 is 0 Å². The Morgan fingerprint density at radius 3 is 2.55 bits per heavy atom. The van der Waals surface area contributed by atoms with Crippen molar-refractivity contribution < 1.29 is 0 Å². The summed E-state index contributed by atoms with van der Waals surface area (Å²) < 4.78 is 2.95. The average Bonchev–Trinajstić information content (AvgIpc) is 3.15. The number of hydrogen-bond donors (Lipinski definition) is 0. The fraction of sp³-hybridized carbons (Fsp3) is 0.174. The molecule has 0 bridgehead atoms. The fourth-order valence-electron chi connectivity index (χ4n) is 3.05. The number of rotatable bonds is 6. The van der Waals surface area contributed by atoms with Crippen molar-refractivity contribution in [1.29, 1.82) is 0 Å². The maximum Gasteiger partial charge on any atom is 0.212 e. The zero-order chi connectivity index (χ0) is 20.2. The van der Waals surface area contributed by atoms with Crippen LogP contribution in [0.4, 0.5) is 0 Å². The molecular weight excluding hydrogens is 444 g/mol. The van der Waals surface area contributed by atoms with Crippen molar-refractivity contribution in [3.8, 4) is 0 Å². The molecule has 6 heteroatoms. The van der Waals surface area contributed by atoms with Gasteiger partial charge in [-0.15, -0.1) is 10.2 Å². The van der Waals surface area contributed by atoms with Gasteiger partial charge in [0.1, 0.15) is 0 Å². The van der Waals surface area contributed by atoms with Gasteiger partial charge in [-0.05, 0) is 28.5 Å². The van der Waals surface area contributed by atoms with Crippen LogP contribution in [-0.2, 0) is 5.75 Å². The smallest absolute Gasteiger partial charge is 0.191 e. The van der Waals surface area contributed by atoms with E-state index in [-0.39, 0.29) is 5.92 Å². The van der Waals surface area contributed by atoms with E-state index in [1.165, 1.54) is 16.3 Å². The van der Waals surface area contributed by atoms with Gasteiger partial charge in [0, 0.05) is 21.7 Å². The van der Waals surface area contributed by atoms with Crippen molar-refractivity contribution in [3.63, 3.8) is 0 Å². The SMILES string of the molecule is CC(C)c1nnc(SCc2ccc(Br)cc2)n1/N=C\c1cccc2ccccc12. The minimum absolute atomic E-state index is 0.231. The van der Waals surface area contributed by atoms with Crippen LogP contribution in [0.2, 0.25) is 0 Å². The van der Waals surface area contributed by atoms with Crippen LogP contribution in [0.15, 0.2) is 81.5 Å². The van der Waals surface area contributed by atoms with Gasteiger partial charge in [0.2, 0.25) is 5.16 Å². The molecule has 0 saturated heterocycles. The van der Waals surface area contributed by atoms with E-state index in [1.807, 2.05) is 10.9 Å². The molecule has 0 radical (unpaired) electrons. The lowest BCUT2D eigenvalue weighted by Gasteiger charge is -2.07. The number of fused-ring (bicyclic) bond motifs is 1. The van der Waals surface area contributed by atoms with Crippen LogP contribution < -0.4 is 0 Å². The second kappa shape index (κ2) is 8.93. The summed E-state index contributed by atoms with van der Waals surface area (Å²) in [5, 5.41) is 16.7. The first-order valence-corrected chi connectivity index (χ1v) is 11.2. The van der Waals surface area contributed by atoms with E-state index in [9.17, 15) is 0 Å². The van der Waals surface area contributed by atoms with Crippen molar-refractivity contribution in [1.82, 2.24) is 14.9 Å². The minimum Gasteiger partial charge on any atom is -0.191 e. The average molecular weight is 465 g/mol. The largest absolute Gasteiger partial charge is 0.212 e. The highest BCUT2D eigenvalue weighted by atomic mass is 79.9. The Balaban J connectivity index is 1.64. The van der Waals surface area contributed by atoms with Crippen LogP contribution in [0.5, 0.6) is 0 Å². The highest BCUT2D eigenvalue weighted by Gasteiger charge is 2.15. The predicted molar refractivity (Wildman–Crippen MR) is 125 cm³/mol. The van der Waals surface area contributed by atoms with Gasteiger partial charge in [0.25, 0.3) is 0 Å². The third-order valence-electron chi connectivity index (χ3n) is 4.57. The van der Waals surface area contributed by atoms with E-state index >= 15 is 0 Å². The van der Waals surface area contributed by atoms with E-state index < -0.39 is 0 Å². The summed E-state index contributed by atoms with van der Waals surface area (Å²) >= 11 is 5.12. The molecule has 0 atom stereocenters. The molecule has 146 valence electrons. The van der Waals surface area contributed by atoms with Crippen molar-refractivity contribution in [2.24, 2.45) is 5.10 Å². The highest BCUT2D eigenvalue weighted by molar-refractivity contribution is 9.10. The van der Waals surface area contributed by atoms with E-state index in [0.717, 1.165) is 26.8 Å². The normalized spacial score (nSPS) is 11.7. The molecule has 0 spiro atoms. The first kappa shape index (κ1) is 19.9. The Hall–Kier alpha value is -2.44. The maximum absolute atomic E-state index is 4.77. The van der Waals surface area contributed by atoms with Crippen LogP contribution in [-0.4, -0.2) is 21.1 Å².